The molecule has 21 heavy (non-hydrogen) atoms. The molecule has 2 fully saturated rings. The van der Waals surface area contributed by atoms with E-state index in [0.717, 1.165) is 12.8 Å². The first-order chi connectivity index (χ1) is 9.84. The number of hydrogen-bond donors (Lipinski definition) is 1. The van der Waals surface area contributed by atoms with Gasteiger partial charge in [0, 0.05) is 5.92 Å². The fraction of sp³-hybridized carbons (Fsp3) is 0.833. The summed E-state index contributed by atoms with van der Waals surface area (Å²) in [6, 6.07) is 0. The maximum Gasteiger partial charge on any atom is 0.306 e. The minimum absolute atomic E-state index is 0.0358. The molecule has 1 heterocycles. The van der Waals surface area contributed by atoms with E-state index >= 15 is 0 Å². The highest BCUT2D eigenvalue weighted by Crippen LogP contribution is 2.46. The number of ether oxygens (including phenoxy) is 1. The molecule has 2 aliphatic rings. The highest BCUT2D eigenvalue weighted by molar-refractivity contribution is 5.72. The van der Waals surface area contributed by atoms with E-state index in [1.807, 2.05) is 6.08 Å². The molecule has 0 bridgehead atoms. The molecule has 1 saturated heterocycles. The Labute approximate surface area is 128 Å². The van der Waals surface area contributed by atoms with Gasteiger partial charge in [-0.3, -0.25) is 4.79 Å². The third-order valence-electron chi connectivity index (χ3n) is 5.23. The van der Waals surface area contributed by atoms with E-state index in [0.29, 0.717) is 12.3 Å². The summed E-state index contributed by atoms with van der Waals surface area (Å²) in [7, 11) is 0. The topological polar surface area (TPSA) is 46.5 Å². The molecule has 1 aliphatic heterocycles. The van der Waals surface area contributed by atoms with Gasteiger partial charge in [-0.1, -0.05) is 52.7 Å². The van der Waals surface area contributed by atoms with Crippen molar-refractivity contribution in [2.75, 3.05) is 0 Å². The molecule has 1 saturated carbocycles. The number of hydrogen-bond acceptors (Lipinski definition) is 3. The molecule has 3 nitrogen and oxygen atoms in total. The Morgan fingerprint density at radius 2 is 2.19 bits per heavy atom. The van der Waals surface area contributed by atoms with Crippen LogP contribution in [0.2, 0.25) is 0 Å². The summed E-state index contributed by atoms with van der Waals surface area (Å²) in [5.74, 6) is 0.665. The fourth-order valence-electron chi connectivity index (χ4n) is 3.97. The Morgan fingerprint density at radius 1 is 1.48 bits per heavy atom. The molecule has 0 aromatic heterocycles. The fourth-order valence-corrected chi connectivity index (χ4v) is 3.97. The van der Waals surface area contributed by atoms with Crippen molar-refractivity contribution in [1.82, 2.24) is 0 Å². The van der Waals surface area contributed by atoms with Gasteiger partial charge in [0.25, 0.3) is 0 Å². The van der Waals surface area contributed by atoms with Crippen LogP contribution in [0.4, 0.5) is 0 Å². The number of allylic oxidation sites excluding steroid dienone is 1. The van der Waals surface area contributed by atoms with E-state index in [4.69, 9.17) is 4.74 Å². The van der Waals surface area contributed by atoms with Crippen LogP contribution in [0.25, 0.3) is 0 Å². The molecule has 1 N–H and O–H groups in total. The first kappa shape index (κ1) is 16.5. The molecule has 1 aliphatic carbocycles. The quantitative estimate of drug-likeness (QED) is 0.600. The molecule has 0 aromatic carbocycles. The number of aliphatic hydroxyl groups is 1. The van der Waals surface area contributed by atoms with Crippen LogP contribution in [0, 0.1) is 23.2 Å². The Bertz CT molecular complexity index is 399. The van der Waals surface area contributed by atoms with Crippen LogP contribution in [0.1, 0.15) is 59.8 Å². The van der Waals surface area contributed by atoms with Gasteiger partial charge in [-0.15, -0.1) is 0 Å². The standard InChI is InChI=1S/C18H30O3/c1-5-6-8-18(3,4)9-7-14(19)17-12(2)10-15-13(17)11-16(20)21-15/h7,9,12-15,17,19H,5-6,8,10-11H2,1-4H3/b9-7+/t12-,13-,14-,15+,17+/m0/s1. The monoisotopic (exact) mass is 294 g/mol. The molecule has 0 radical (unpaired) electrons. The first-order valence-corrected chi connectivity index (χ1v) is 8.41. The van der Waals surface area contributed by atoms with Gasteiger partial charge >= 0.3 is 5.97 Å². The largest absolute Gasteiger partial charge is 0.462 e. The molecule has 120 valence electrons. The lowest BCUT2D eigenvalue weighted by atomic mass is 9.81. The number of aliphatic hydroxyl groups excluding tert-OH is 1. The third kappa shape index (κ3) is 3.88. The lowest BCUT2D eigenvalue weighted by Gasteiger charge is -2.26. The Hall–Kier alpha value is -0.830. The highest BCUT2D eigenvalue weighted by Gasteiger charge is 2.50. The SMILES string of the molecule is CCCCC(C)(C)/C=C/[C@H](O)[C@H]1[C@H]2CC(=O)O[C@@H]2C[C@@H]1C. The van der Waals surface area contributed by atoms with Crippen molar-refractivity contribution in [3.05, 3.63) is 12.2 Å². The van der Waals surface area contributed by atoms with Crippen LogP contribution in [-0.4, -0.2) is 23.3 Å². The normalized spacial score (nSPS) is 34.2. The predicted molar refractivity (Wildman–Crippen MR) is 83.7 cm³/mol. The number of esters is 1. The average Bonchev–Trinajstić information content (AvgIpc) is 2.88. The first-order valence-electron chi connectivity index (χ1n) is 8.41. The Kier molecular flexibility index (Phi) is 5.13. The van der Waals surface area contributed by atoms with E-state index in [1.54, 1.807) is 0 Å². The zero-order valence-electron chi connectivity index (χ0n) is 13.8. The molecule has 3 heteroatoms. The van der Waals surface area contributed by atoms with Crippen molar-refractivity contribution >= 4 is 5.97 Å². The van der Waals surface area contributed by atoms with Gasteiger partial charge in [0.15, 0.2) is 0 Å². The smallest absolute Gasteiger partial charge is 0.306 e. The van der Waals surface area contributed by atoms with E-state index < -0.39 is 6.10 Å². The second-order valence-electron chi connectivity index (χ2n) is 7.63. The summed E-state index contributed by atoms with van der Waals surface area (Å²) >= 11 is 0. The number of fused-ring (bicyclic) bond motifs is 1. The molecule has 0 spiro atoms. The predicted octanol–water partition coefficient (Wildman–Crippen LogP) is 3.71. The van der Waals surface area contributed by atoms with E-state index in [1.165, 1.54) is 12.8 Å². The molecule has 5 atom stereocenters. The lowest BCUT2D eigenvalue weighted by molar-refractivity contribution is -0.141. The van der Waals surface area contributed by atoms with Crippen molar-refractivity contribution in [2.45, 2.75) is 72.0 Å². The molecule has 0 unspecified atom stereocenters. The maximum absolute atomic E-state index is 11.4. The second kappa shape index (κ2) is 6.51. The van der Waals surface area contributed by atoms with Gasteiger partial charge in [-0.05, 0) is 30.1 Å². The van der Waals surface area contributed by atoms with Gasteiger partial charge < -0.3 is 9.84 Å². The van der Waals surface area contributed by atoms with Crippen LogP contribution in [0.5, 0.6) is 0 Å². The zero-order chi connectivity index (χ0) is 15.6. The van der Waals surface area contributed by atoms with Crippen molar-refractivity contribution < 1.29 is 14.6 Å². The number of carbonyl (C=O) groups excluding carboxylic acids is 1. The van der Waals surface area contributed by atoms with E-state index in [2.05, 4.69) is 33.8 Å². The van der Waals surface area contributed by atoms with Crippen molar-refractivity contribution in [1.29, 1.82) is 0 Å². The van der Waals surface area contributed by atoms with Crippen LogP contribution in [-0.2, 0) is 9.53 Å². The summed E-state index contributed by atoms with van der Waals surface area (Å²) in [6.45, 7) is 8.80. The Morgan fingerprint density at radius 3 is 2.86 bits per heavy atom. The molecular formula is C18H30O3. The minimum Gasteiger partial charge on any atom is -0.462 e. The van der Waals surface area contributed by atoms with Gasteiger partial charge in [0.2, 0.25) is 0 Å². The summed E-state index contributed by atoms with van der Waals surface area (Å²) in [5.41, 5.74) is 0.125. The van der Waals surface area contributed by atoms with Crippen molar-refractivity contribution in [3.8, 4) is 0 Å². The lowest BCUT2D eigenvalue weighted by Crippen LogP contribution is -2.28. The second-order valence-corrected chi connectivity index (χ2v) is 7.63. The summed E-state index contributed by atoms with van der Waals surface area (Å²) in [4.78, 5) is 11.4. The van der Waals surface area contributed by atoms with Crippen molar-refractivity contribution in [3.63, 3.8) is 0 Å². The van der Waals surface area contributed by atoms with Crippen molar-refractivity contribution in [2.24, 2.45) is 23.2 Å². The van der Waals surface area contributed by atoms with Crippen LogP contribution in [0.15, 0.2) is 12.2 Å². The van der Waals surface area contributed by atoms with Gasteiger partial charge in [-0.2, -0.15) is 0 Å². The number of carbonyl (C=O) groups is 1. The molecule has 0 amide bonds. The summed E-state index contributed by atoms with van der Waals surface area (Å²) in [6.07, 6.45) is 8.60. The summed E-state index contributed by atoms with van der Waals surface area (Å²) in [5, 5.41) is 10.6. The van der Waals surface area contributed by atoms with Gasteiger partial charge in [-0.25, -0.2) is 0 Å². The molecular weight excluding hydrogens is 264 g/mol. The van der Waals surface area contributed by atoms with Gasteiger partial charge in [0.05, 0.1) is 12.5 Å². The Balaban J connectivity index is 1.99. The van der Waals surface area contributed by atoms with Gasteiger partial charge in [0.1, 0.15) is 6.10 Å². The van der Waals surface area contributed by atoms with Crippen LogP contribution < -0.4 is 0 Å². The number of rotatable bonds is 6. The number of unbranched alkanes of at least 4 members (excludes halogenated alkanes) is 1. The highest BCUT2D eigenvalue weighted by atomic mass is 16.6. The van der Waals surface area contributed by atoms with Crippen LogP contribution >= 0.6 is 0 Å². The summed E-state index contributed by atoms with van der Waals surface area (Å²) < 4.78 is 5.36. The molecule has 2 rings (SSSR count). The third-order valence-corrected chi connectivity index (χ3v) is 5.23. The minimum atomic E-state index is -0.467. The van der Waals surface area contributed by atoms with Crippen LogP contribution in [0.3, 0.4) is 0 Å². The molecule has 0 aromatic rings. The van der Waals surface area contributed by atoms with E-state index in [9.17, 15) is 9.90 Å². The maximum atomic E-state index is 11.4. The average molecular weight is 294 g/mol. The van der Waals surface area contributed by atoms with E-state index in [-0.39, 0.29) is 29.3 Å². The zero-order valence-corrected chi connectivity index (χ0v) is 13.8.